The minimum Gasteiger partial charge on any atom is -0.481 e. The van der Waals surface area contributed by atoms with E-state index in [0.717, 1.165) is 17.5 Å². The topological polar surface area (TPSA) is 57.6 Å². The van der Waals surface area contributed by atoms with Gasteiger partial charge in [0.1, 0.15) is 5.82 Å². The van der Waals surface area contributed by atoms with E-state index in [1.807, 2.05) is 11.4 Å². The molecule has 0 saturated carbocycles. The van der Waals surface area contributed by atoms with E-state index in [1.54, 1.807) is 28.4 Å². The predicted octanol–water partition coefficient (Wildman–Crippen LogP) is 3.23. The summed E-state index contributed by atoms with van der Waals surface area (Å²) < 4.78 is 13.2. The van der Waals surface area contributed by atoms with Crippen molar-refractivity contribution in [3.63, 3.8) is 0 Å². The van der Waals surface area contributed by atoms with Gasteiger partial charge in [0, 0.05) is 17.8 Å². The van der Waals surface area contributed by atoms with E-state index in [2.05, 4.69) is 0 Å². The van der Waals surface area contributed by atoms with E-state index >= 15 is 0 Å². The predicted molar refractivity (Wildman–Crippen MR) is 84.8 cm³/mol. The number of amides is 1. The van der Waals surface area contributed by atoms with Crippen molar-refractivity contribution in [2.24, 2.45) is 0 Å². The Kier molecular flexibility index (Phi) is 4.43. The minimum atomic E-state index is -0.982. The Labute approximate surface area is 137 Å². The third-order valence-electron chi connectivity index (χ3n) is 4.02. The number of hydrogen-bond acceptors (Lipinski definition) is 3. The lowest BCUT2D eigenvalue weighted by atomic mass is 9.93. The van der Waals surface area contributed by atoms with Crippen molar-refractivity contribution in [2.75, 3.05) is 6.54 Å². The molecule has 0 radical (unpaired) electrons. The van der Waals surface area contributed by atoms with Crippen LogP contribution in [0, 0.1) is 5.82 Å². The molecule has 1 unspecified atom stereocenters. The zero-order chi connectivity index (χ0) is 16.4. The lowest BCUT2D eigenvalue weighted by Crippen LogP contribution is -2.40. The number of carbonyl (C=O) groups is 2. The van der Waals surface area contributed by atoms with Gasteiger partial charge < -0.3 is 10.0 Å². The van der Waals surface area contributed by atoms with Crippen LogP contribution in [0.3, 0.4) is 0 Å². The fraction of sp³-hybridized carbons (Fsp3) is 0.294. The van der Waals surface area contributed by atoms with Gasteiger partial charge in [0.2, 0.25) is 5.91 Å². The van der Waals surface area contributed by atoms with Crippen LogP contribution in [0.25, 0.3) is 0 Å². The van der Waals surface area contributed by atoms with Crippen LogP contribution in [0.15, 0.2) is 35.7 Å². The van der Waals surface area contributed by atoms with Crippen LogP contribution in [0.5, 0.6) is 0 Å². The van der Waals surface area contributed by atoms with Crippen molar-refractivity contribution in [3.8, 4) is 0 Å². The molecule has 0 aliphatic carbocycles. The molecule has 4 nitrogen and oxygen atoms in total. The van der Waals surface area contributed by atoms with E-state index in [-0.39, 0.29) is 30.6 Å². The van der Waals surface area contributed by atoms with E-state index < -0.39 is 5.97 Å². The Morgan fingerprint density at radius 1 is 1.22 bits per heavy atom. The molecule has 1 amide bonds. The SMILES string of the molecule is O=C(O)CCC(=O)N1CCc2sccc2C1c1ccc(F)cc1. The van der Waals surface area contributed by atoms with E-state index in [4.69, 9.17) is 5.11 Å². The van der Waals surface area contributed by atoms with Crippen LogP contribution < -0.4 is 0 Å². The van der Waals surface area contributed by atoms with E-state index in [1.165, 1.54) is 17.0 Å². The van der Waals surface area contributed by atoms with Crippen LogP contribution in [0.2, 0.25) is 0 Å². The summed E-state index contributed by atoms with van der Waals surface area (Å²) in [6.45, 7) is 0.550. The summed E-state index contributed by atoms with van der Waals surface area (Å²) in [5.74, 6) is -1.48. The first-order valence-electron chi connectivity index (χ1n) is 7.39. The lowest BCUT2D eigenvalue weighted by molar-refractivity contribution is -0.141. The number of carbonyl (C=O) groups excluding carboxylic acids is 1. The van der Waals surface area contributed by atoms with Gasteiger partial charge in [0.25, 0.3) is 0 Å². The summed E-state index contributed by atoms with van der Waals surface area (Å²) in [5.41, 5.74) is 1.89. The first kappa shape index (κ1) is 15.7. The first-order chi connectivity index (χ1) is 11.1. The summed E-state index contributed by atoms with van der Waals surface area (Å²) >= 11 is 1.65. The largest absolute Gasteiger partial charge is 0.481 e. The molecular weight excluding hydrogens is 317 g/mol. The van der Waals surface area contributed by atoms with Gasteiger partial charge in [-0.2, -0.15) is 0 Å². The van der Waals surface area contributed by atoms with Crippen molar-refractivity contribution < 1.29 is 19.1 Å². The second-order valence-corrected chi connectivity index (χ2v) is 6.48. The zero-order valence-corrected chi connectivity index (χ0v) is 13.2. The molecule has 1 aromatic heterocycles. The maximum atomic E-state index is 13.2. The van der Waals surface area contributed by atoms with Gasteiger partial charge in [0.15, 0.2) is 0 Å². The highest BCUT2D eigenvalue weighted by Gasteiger charge is 2.32. The maximum absolute atomic E-state index is 13.2. The van der Waals surface area contributed by atoms with Crippen molar-refractivity contribution in [3.05, 3.63) is 57.5 Å². The lowest BCUT2D eigenvalue weighted by Gasteiger charge is -2.36. The summed E-state index contributed by atoms with van der Waals surface area (Å²) in [7, 11) is 0. The standard InChI is InChI=1S/C17H16FNO3S/c18-12-3-1-11(2-4-12)17-13-8-10-23-14(13)7-9-19(17)15(20)5-6-16(21)22/h1-4,8,10,17H,5-7,9H2,(H,21,22). The molecule has 120 valence electrons. The fourth-order valence-corrected chi connectivity index (χ4v) is 3.85. The molecular formula is C17H16FNO3S. The third kappa shape index (κ3) is 3.27. The highest BCUT2D eigenvalue weighted by Crippen LogP contribution is 2.38. The molecule has 1 aromatic carbocycles. The summed E-state index contributed by atoms with van der Waals surface area (Å²) in [6, 6.07) is 7.86. The normalized spacial score (nSPS) is 16.9. The molecule has 1 aliphatic rings. The Balaban J connectivity index is 1.93. The second-order valence-electron chi connectivity index (χ2n) is 5.48. The van der Waals surface area contributed by atoms with Crippen molar-refractivity contribution in [2.45, 2.75) is 25.3 Å². The van der Waals surface area contributed by atoms with Gasteiger partial charge in [-0.15, -0.1) is 11.3 Å². The average molecular weight is 333 g/mol. The number of thiophene rings is 1. The first-order valence-corrected chi connectivity index (χ1v) is 8.27. The number of benzene rings is 1. The third-order valence-corrected chi connectivity index (χ3v) is 5.02. The smallest absolute Gasteiger partial charge is 0.303 e. The van der Waals surface area contributed by atoms with Gasteiger partial charge in [-0.1, -0.05) is 12.1 Å². The van der Waals surface area contributed by atoms with Crippen molar-refractivity contribution in [1.29, 1.82) is 0 Å². The Hall–Kier alpha value is -2.21. The molecule has 2 aromatic rings. The van der Waals surface area contributed by atoms with Gasteiger partial charge >= 0.3 is 5.97 Å². The summed E-state index contributed by atoms with van der Waals surface area (Å²) in [6.07, 6.45) is 0.567. The Morgan fingerprint density at radius 2 is 1.96 bits per heavy atom. The summed E-state index contributed by atoms with van der Waals surface area (Å²) in [4.78, 5) is 26.1. The van der Waals surface area contributed by atoms with E-state index in [9.17, 15) is 14.0 Å². The van der Waals surface area contributed by atoms with Crippen LogP contribution in [0.1, 0.15) is 34.9 Å². The Bertz CT molecular complexity index is 726. The number of hydrogen-bond donors (Lipinski definition) is 1. The molecule has 3 rings (SSSR count). The fourth-order valence-electron chi connectivity index (χ4n) is 2.95. The minimum absolute atomic E-state index is 0.0213. The second kappa shape index (κ2) is 6.50. The molecule has 0 saturated heterocycles. The molecule has 1 N–H and O–H groups in total. The molecule has 1 atom stereocenters. The molecule has 2 heterocycles. The van der Waals surface area contributed by atoms with Gasteiger partial charge in [-0.3, -0.25) is 9.59 Å². The van der Waals surface area contributed by atoms with Gasteiger partial charge in [0.05, 0.1) is 12.5 Å². The van der Waals surface area contributed by atoms with Crippen LogP contribution in [0.4, 0.5) is 4.39 Å². The van der Waals surface area contributed by atoms with Crippen molar-refractivity contribution >= 4 is 23.2 Å². The number of rotatable bonds is 4. The molecule has 0 spiro atoms. The molecule has 1 aliphatic heterocycles. The number of carboxylic acid groups (broad SMARTS) is 1. The highest BCUT2D eigenvalue weighted by molar-refractivity contribution is 7.10. The summed E-state index contributed by atoms with van der Waals surface area (Å²) in [5, 5.41) is 10.8. The van der Waals surface area contributed by atoms with Crippen molar-refractivity contribution in [1.82, 2.24) is 4.90 Å². The quantitative estimate of drug-likeness (QED) is 0.934. The molecule has 6 heteroatoms. The van der Waals surface area contributed by atoms with Gasteiger partial charge in [-0.25, -0.2) is 4.39 Å². The maximum Gasteiger partial charge on any atom is 0.303 e. The molecule has 23 heavy (non-hydrogen) atoms. The molecule has 0 bridgehead atoms. The zero-order valence-electron chi connectivity index (χ0n) is 12.4. The number of fused-ring (bicyclic) bond motifs is 1. The Morgan fingerprint density at radius 3 is 2.65 bits per heavy atom. The van der Waals surface area contributed by atoms with E-state index in [0.29, 0.717) is 6.54 Å². The highest BCUT2D eigenvalue weighted by atomic mass is 32.1. The average Bonchev–Trinajstić information content (AvgIpc) is 3.01. The van der Waals surface area contributed by atoms with Gasteiger partial charge in [-0.05, 0) is 41.1 Å². The number of halogens is 1. The number of aliphatic carboxylic acids is 1. The number of nitrogens with zero attached hydrogens (tertiary/aromatic N) is 1. The number of carboxylic acids is 1. The monoisotopic (exact) mass is 333 g/mol. The van der Waals surface area contributed by atoms with Crippen LogP contribution >= 0.6 is 11.3 Å². The van der Waals surface area contributed by atoms with Crippen LogP contribution in [-0.4, -0.2) is 28.4 Å². The molecule has 0 fully saturated rings. The van der Waals surface area contributed by atoms with Crippen LogP contribution in [-0.2, 0) is 16.0 Å².